The lowest BCUT2D eigenvalue weighted by atomic mass is 9.97. The van der Waals surface area contributed by atoms with Gasteiger partial charge in [-0.15, -0.1) is 0 Å². The van der Waals surface area contributed by atoms with E-state index in [-0.39, 0.29) is 24.2 Å². The molecule has 1 N–H and O–H groups in total. The van der Waals surface area contributed by atoms with E-state index in [1.165, 1.54) is 12.7 Å². The average Bonchev–Trinajstić information content (AvgIpc) is 3.29. The summed E-state index contributed by atoms with van der Waals surface area (Å²) in [4.78, 5) is 24.0. The van der Waals surface area contributed by atoms with Gasteiger partial charge in [0.2, 0.25) is 0 Å². The molecule has 0 spiro atoms. The Hall–Kier alpha value is -1.68. The molecule has 1 aromatic rings. The Morgan fingerprint density at radius 3 is 2.57 bits per heavy atom. The Morgan fingerprint density at radius 1 is 1.29 bits per heavy atom. The number of carbonyl (C=O) groups is 2. The number of ether oxygens (including phenoxy) is 1. The fourth-order valence-corrected chi connectivity index (χ4v) is 2.28. The van der Waals surface area contributed by atoms with Crippen LogP contribution in [0, 0.1) is 13.8 Å². The molecule has 0 amide bonds. The summed E-state index contributed by atoms with van der Waals surface area (Å²) in [6, 6.07) is 5.88. The number of ketones is 1. The third kappa shape index (κ3) is 4.39. The second kappa shape index (κ2) is 6.85. The highest BCUT2D eigenvalue weighted by Crippen LogP contribution is 2.22. The molecule has 4 nitrogen and oxygen atoms in total. The summed E-state index contributed by atoms with van der Waals surface area (Å²) in [5.41, 5.74) is 2.99. The topological polar surface area (TPSA) is 55.4 Å². The molecule has 1 atom stereocenters. The van der Waals surface area contributed by atoms with Crippen molar-refractivity contribution in [1.29, 1.82) is 0 Å². The number of Topliss-reactive ketones (excluding diaryl/α,β-unsaturated/α-hetero) is 1. The van der Waals surface area contributed by atoms with Crippen molar-refractivity contribution in [2.45, 2.75) is 51.6 Å². The first-order valence-electron chi connectivity index (χ1n) is 7.45. The molecule has 2 rings (SSSR count). The maximum absolute atomic E-state index is 12.7. The largest absolute Gasteiger partial charge is 0.469 e. The summed E-state index contributed by atoms with van der Waals surface area (Å²) in [5.74, 6) is -0.209. The van der Waals surface area contributed by atoms with Crippen LogP contribution in [0.1, 0.15) is 47.2 Å². The summed E-state index contributed by atoms with van der Waals surface area (Å²) >= 11 is 0. The van der Waals surface area contributed by atoms with Gasteiger partial charge in [0.25, 0.3) is 0 Å². The summed E-state index contributed by atoms with van der Waals surface area (Å²) in [7, 11) is 1.37. The van der Waals surface area contributed by atoms with Gasteiger partial charge in [-0.05, 0) is 50.3 Å². The number of hydrogen-bond acceptors (Lipinski definition) is 4. The maximum atomic E-state index is 12.7. The Kier molecular flexibility index (Phi) is 5.12. The lowest BCUT2D eigenvalue weighted by Crippen LogP contribution is -2.38. The van der Waals surface area contributed by atoms with Crippen molar-refractivity contribution in [3.8, 4) is 0 Å². The van der Waals surface area contributed by atoms with E-state index >= 15 is 0 Å². The lowest BCUT2D eigenvalue weighted by Gasteiger charge is -2.17. The molecule has 0 heterocycles. The molecule has 1 saturated carbocycles. The van der Waals surface area contributed by atoms with Crippen LogP contribution in [0.3, 0.4) is 0 Å². The number of rotatable bonds is 7. The van der Waals surface area contributed by atoms with Crippen LogP contribution in [0.5, 0.6) is 0 Å². The minimum atomic E-state index is -0.307. The number of hydrogen-bond donors (Lipinski definition) is 1. The van der Waals surface area contributed by atoms with Crippen LogP contribution in [-0.2, 0) is 9.53 Å². The van der Waals surface area contributed by atoms with Gasteiger partial charge < -0.3 is 10.1 Å². The fraction of sp³-hybridized carbons (Fsp3) is 0.529. The molecule has 1 aromatic carbocycles. The van der Waals surface area contributed by atoms with Crippen LogP contribution < -0.4 is 5.32 Å². The fourth-order valence-electron chi connectivity index (χ4n) is 2.28. The van der Waals surface area contributed by atoms with E-state index in [4.69, 9.17) is 0 Å². The second-order valence-electron chi connectivity index (χ2n) is 5.77. The number of esters is 1. The number of aryl methyl sites for hydroxylation is 2. The normalized spacial score (nSPS) is 15.6. The molecular formula is C17H23NO3. The van der Waals surface area contributed by atoms with Crippen LogP contribution in [0.15, 0.2) is 18.2 Å². The van der Waals surface area contributed by atoms with E-state index in [9.17, 15) is 9.59 Å². The molecule has 0 aromatic heterocycles. The van der Waals surface area contributed by atoms with Gasteiger partial charge in [0.1, 0.15) is 0 Å². The number of methoxy groups -OCH3 is 1. The van der Waals surface area contributed by atoms with Crippen LogP contribution in [0.25, 0.3) is 0 Å². The van der Waals surface area contributed by atoms with Crippen LogP contribution in [0.2, 0.25) is 0 Å². The van der Waals surface area contributed by atoms with E-state index in [0.717, 1.165) is 18.4 Å². The van der Waals surface area contributed by atoms with Crippen LogP contribution in [-0.4, -0.2) is 30.9 Å². The lowest BCUT2D eigenvalue weighted by molar-refractivity contribution is -0.140. The maximum Gasteiger partial charge on any atom is 0.305 e. The summed E-state index contributed by atoms with van der Waals surface area (Å²) < 4.78 is 4.66. The average molecular weight is 289 g/mol. The van der Waals surface area contributed by atoms with Crippen LogP contribution >= 0.6 is 0 Å². The van der Waals surface area contributed by atoms with E-state index in [1.807, 2.05) is 32.0 Å². The third-order valence-electron chi connectivity index (χ3n) is 3.99. The summed E-state index contributed by atoms with van der Waals surface area (Å²) in [6.45, 7) is 4.03. The second-order valence-corrected chi connectivity index (χ2v) is 5.77. The predicted octanol–water partition coefficient (Wildman–Crippen LogP) is 2.56. The van der Waals surface area contributed by atoms with E-state index in [0.29, 0.717) is 18.0 Å². The first-order valence-corrected chi connectivity index (χ1v) is 7.45. The van der Waals surface area contributed by atoms with Crippen molar-refractivity contribution in [2.75, 3.05) is 7.11 Å². The number of carbonyl (C=O) groups excluding carboxylic acids is 2. The molecule has 1 fully saturated rings. The molecule has 1 unspecified atom stereocenters. The van der Waals surface area contributed by atoms with Crippen molar-refractivity contribution in [3.05, 3.63) is 34.9 Å². The Bertz CT molecular complexity index is 535. The molecule has 4 heteroatoms. The minimum Gasteiger partial charge on any atom is -0.469 e. The Balaban J connectivity index is 2.08. The van der Waals surface area contributed by atoms with E-state index in [2.05, 4.69) is 10.1 Å². The van der Waals surface area contributed by atoms with Gasteiger partial charge in [0.15, 0.2) is 5.78 Å². The highest BCUT2D eigenvalue weighted by Gasteiger charge is 2.29. The molecule has 0 aliphatic heterocycles. The molecule has 1 aliphatic carbocycles. The van der Waals surface area contributed by atoms with Crippen molar-refractivity contribution >= 4 is 11.8 Å². The Labute approximate surface area is 125 Å². The van der Waals surface area contributed by atoms with Crippen molar-refractivity contribution in [2.24, 2.45) is 0 Å². The zero-order valence-corrected chi connectivity index (χ0v) is 12.9. The standard InChI is InChI=1S/C17H23NO3/c1-11-4-5-13(10-12(11)2)17(20)15(18-14-6-7-14)8-9-16(19)21-3/h4-5,10,14-15,18H,6-9H2,1-3H3. The summed E-state index contributed by atoms with van der Waals surface area (Å²) in [5, 5.41) is 3.35. The van der Waals surface area contributed by atoms with Gasteiger partial charge in [0.05, 0.1) is 13.2 Å². The van der Waals surface area contributed by atoms with Gasteiger partial charge in [0, 0.05) is 18.0 Å². The van der Waals surface area contributed by atoms with Crippen molar-refractivity contribution < 1.29 is 14.3 Å². The molecular weight excluding hydrogens is 266 g/mol. The monoisotopic (exact) mass is 289 g/mol. The molecule has 114 valence electrons. The van der Waals surface area contributed by atoms with Crippen molar-refractivity contribution in [3.63, 3.8) is 0 Å². The first-order chi connectivity index (χ1) is 10.0. The summed E-state index contributed by atoms with van der Waals surface area (Å²) in [6.07, 6.45) is 2.95. The zero-order chi connectivity index (χ0) is 15.4. The number of benzene rings is 1. The molecule has 0 radical (unpaired) electrons. The molecule has 0 bridgehead atoms. The SMILES string of the molecule is COC(=O)CCC(NC1CC1)C(=O)c1ccc(C)c(C)c1. The molecule has 1 aliphatic rings. The smallest absolute Gasteiger partial charge is 0.305 e. The predicted molar refractivity (Wildman–Crippen MR) is 81.4 cm³/mol. The van der Waals surface area contributed by atoms with Gasteiger partial charge in [-0.2, -0.15) is 0 Å². The van der Waals surface area contributed by atoms with Gasteiger partial charge in [-0.25, -0.2) is 0 Å². The van der Waals surface area contributed by atoms with Gasteiger partial charge >= 0.3 is 5.97 Å². The Morgan fingerprint density at radius 2 is 2.00 bits per heavy atom. The quantitative estimate of drug-likeness (QED) is 0.619. The third-order valence-corrected chi connectivity index (χ3v) is 3.99. The molecule has 21 heavy (non-hydrogen) atoms. The van der Waals surface area contributed by atoms with E-state index in [1.54, 1.807) is 0 Å². The highest BCUT2D eigenvalue weighted by molar-refractivity contribution is 6.00. The molecule has 0 saturated heterocycles. The van der Waals surface area contributed by atoms with Gasteiger partial charge in [-0.3, -0.25) is 9.59 Å². The highest BCUT2D eigenvalue weighted by atomic mass is 16.5. The van der Waals surface area contributed by atoms with Gasteiger partial charge in [-0.1, -0.05) is 12.1 Å². The number of nitrogens with one attached hydrogen (secondary N) is 1. The first kappa shape index (κ1) is 15.7. The van der Waals surface area contributed by atoms with Crippen molar-refractivity contribution in [1.82, 2.24) is 5.32 Å². The minimum absolute atomic E-state index is 0.0638. The van der Waals surface area contributed by atoms with Crippen LogP contribution in [0.4, 0.5) is 0 Å². The zero-order valence-electron chi connectivity index (χ0n) is 12.9. The van der Waals surface area contributed by atoms with E-state index < -0.39 is 0 Å².